The molecule has 2 N–H and O–H groups in total. The first-order chi connectivity index (χ1) is 12.3. The van der Waals surface area contributed by atoms with E-state index in [0.29, 0.717) is 12.1 Å². The van der Waals surface area contributed by atoms with Gasteiger partial charge in [0.25, 0.3) is 0 Å². The molecule has 1 unspecified atom stereocenters. The van der Waals surface area contributed by atoms with Crippen LogP contribution in [0.5, 0.6) is 0 Å². The minimum Gasteiger partial charge on any atom is -0.381 e. The van der Waals surface area contributed by atoms with Crippen LogP contribution in [-0.2, 0) is 9.47 Å². The second-order valence-electron chi connectivity index (χ2n) is 7.66. The lowest BCUT2D eigenvalue weighted by atomic mass is 9.85. The van der Waals surface area contributed by atoms with Gasteiger partial charge in [-0.15, -0.1) is 0 Å². The predicted molar refractivity (Wildman–Crippen MR) is 104 cm³/mol. The van der Waals surface area contributed by atoms with Crippen molar-refractivity contribution in [3.05, 3.63) is 0 Å². The van der Waals surface area contributed by atoms with Crippen molar-refractivity contribution in [1.29, 1.82) is 0 Å². The van der Waals surface area contributed by atoms with Crippen LogP contribution in [0.2, 0.25) is 0 Å². The summed E-state index contributed by atoms with van der Waals surface area (Å²) in [6.07, 6.45) is 13.3. The van der Waals surface area contributed by atoms with Crippen molar-refractivity contribution >= 4 is 5.96 Å². The van der Waals surface area contributed by atoms with E-state index in [1.54, 1.807) is 0 Å². The Morgan fingerprint density at radius 1 is 1.16 bits per heavy atom. The third kappa shape index (κ3) is 8.91. The predicted octanol–water partition coefficient (Wildman–Crippen LogP) is 3.49. The van der Waals surface area contributed by atoms with Crippen LogP contribution in [0.4, 0.5) is 0 Å². The molecule has 1 saturated heterocycles. The highest BCUT2D eigenvalue weighted by Gasteiger charge is 2.15. The minimum absolute atomic E-state index is 0.394. The van der Waals surface area contributed by atoms with E-state index in [1.807, 2.05) is 7.05 Å². The summed E-state index contributed by atoms with van der Waals surface area (Å²) in [5.41, 5.74) is 0. The number of nitrogens with one attached hydrogen (secondary N) is 2. The zero-order chi connectivity index (χ0) is 17.7. The number of ether oxygens (including phenoxy) is 2. The molecule has 0 aromatic rings. The molecule has 1 aliphatic heterocycles. The van der Waals surface area contributed by atoms with Gasteiger partial charge in [0.05, 0.1) is 6.10 Å². The maximum absolute atomic E-state index is 5.90. The Balaban J connectivity index is 1.50. The SMILES string of the molecule is CN=C(NCCCOC1CCOCC1)NC(C)CCC1CCCCC1. The van der Waals surface area contributed by atoms with E-state index in [0.717, 1.165) is 57.5 Å². The summed E-state index contributed by atoms with van der Waals surface area (Å²) in [7, 11) is 1.85. The summed E-state index contributed by atoms with van der Waals surface area (Å²) in [4.78, 5) is 4.35. The number of aliphatic imine (C=N–C) groups is 1. The molecule has 0 bridgehead atoms. The average molecular weight is 354 g/mol. The van der Waals surface area contributed by atoms with Gasteiger partial charge in [-0.2, -0.15) is 0 Å². The molecule has 146 valence electrons. The second kappa shape index (κ2) is 12.5. The van der Waals surface area contributed by atoms with E-state index < -0.39 is 0 Å². The number of hydrogen-bond acceptors (Lipinski definition) is 3. The quantitative estimate of drug-likeness (QED) is 0.378. The van der Waals surface area contributed by atoms with Crippen LogP contribution < -0.4 is 10.6 Å². The van der Waals surface area contributed by atoms with E-state index in [1.165, 1.54) is 44.9 Å². The van der Waals surface area contributed by atoms with E-state index >= 15 is 0 Å². The van der Waals surface area contributed by atoms with Crippen LogP contribution in [0.1, 0.15) is 71.1 Å². The first-order valence-electron chi connectivity index (χ1n) is 10.4. The standard InChI is InChI=1S/C20H39N3O2/c1-17(9-10-18-7-4-3-5-8-18)23-20(21-2)22-13-6-14-25-19-11-15-24-16-12-19/h17-19H,3-16H2,1-2H3,(H2,21,22,23). The summed E-state index contributed by atoms with van der Waals surface area (Å²) >= 11 is 0. The van der Waals surface area contributed by atoms with Crippen LogP contribution in [0.25, 0.3) is 0 Å². The average Bonchev–Trinajstić information content (AvgIpc) is 2.67. The second-order valence-corrected chi connectivity index (χ2v) is 7.66. The molecule has 5 heteroatoms. The smallest absolute Gasteiger partial charge is 0.191 e. The molecule has 0 aromatic heterocycles. The van der Waals surface area contributed by atoms with E-state index in [-0.39, 0.29) is 0 Å². The van der Waals surface area contributed by atoms with Gasteiger partial charge in [0.2, 0.25) is 0 Å². The Kier molecular flexibility index (Phi) is 10.3. The van der Waals surface area contributed by atoms with E-state index in [2.05, 4.69) is 22.5 Å². The van der Waals surface area contributed by atoms with Gasteiger partial charge in [-0.05, 0) is 44.9 Å². The third-order valence-electron chi connectivity index (χ3n) is 5.47. The summed E-state index contributed by atoms with van der Waals surface area (Å²) in [6, 6.07) is 0.478. The van der Waals surface area contributed by atoms with Crippen LogP contribution in [0.15, 0.2) is 4.99 Å². The van der Waals surface area contributed by atoms with Crippen LogP contribution >= 0.6 is 0 Å². The first kappa shape index (κ1) is 20.5. The fourth-order valence-electron chi connectivity index (χ4n) is 3.83. The molecule has 2 aliphatic rings. The van der Waals surface area contributed by atoms with Crippen LogP contribution in [0.3, 0.4) is 0 Å². The van der Waals surface area contributed by atoms with Crippen molar-refractivity contribution < 1.29 is 9.47 Å². The van der Waals surface area contributed by atoms with Crippen molar-refractivity contribution in [2.75, 3.05) is 33.4 Å². The fourth-order valence-corrected chi connectivity index (χ4v) is 3.83. The monoisotopic (exact) mass is 353 g/mol. The Labute approximate surface area is 154 Å². The zero-order valence-corrected chi connectivity index (χ0v) is 16.4. The number of guanidine groups is 1. The van der Waals surface area contributed by atoms with Gasteiger partial charge in [-0.3, -0.25) is 4.99 Å². The van der Waals surface area contributed by atoms with Crippen molar-refractivity contribution in [2.45, 2.75) is 83.3 Å². The molecule has 0 aromatic carbocycles. The van der Waals surface area contributed by atoms with Gasteiger partial charge in [0.15, 0.2) is 5.96 Å². The van der Waals surface area contributed by atoms with Crippen molar-refractivity contribution in [2.24, 2.45) is 10.9 Å². The van der Waals surface area contributed by atoms with Gasteiger partial charge in [-0.1, -0.05) is 32.1 Å². The van der Waals surface area contributed by atoms with Crippen molar-refractivity contribution in [1.82, 2.24) is 10.6 Å². The maximum Gasteiger partial charge on any atom is 0.191 e. The van der Waals surface area contributed by atoms with Gasteiger partial charge in [0, 0.05) is 39.5 Å². The van der Waals surface area contributed by atoms with Gasteiger partial charge in [0.1, 0.15) is 0 Å². The molecule has 25 heavy (non-hydrogen) atoms. The molecule has 0 radical (unpaired) electrons. The molecular weight excluding hydrogens is 314 g/mol. The molecular formula is C20H39N3O2. The highest BCUT2D eigenvalue weighted by atomic mass is 16.5. The van der Waals surface area contributed by atoms with E-state index in [9.17, 15) is 0 Å². The lowest BCUT2D eigenvalue weighted by molar-refractivity contribution is -0.0320. The molecule has 2 rings (SSSR count). The lowest BCUT2D eigenvalue weighted by Crippen LogP contribution is -2.42. The highest BCUT2D eigenvalue weighted by molar-refractivity contribution is 5.79. The Morgan fingerprint density at radius 2 is 1.92 bits per heavy atom. The van der Waals surface area contributed by atoms with E-state index in [4.69, 9.17) is 9.47 Å². The molecule has 1 aliphatic carbocycles. The number of rotatable bonds is 9. The molecule has 2 fully saturated rings. The van der Waals surface area contributed by atoms with Crippen LogP contribution in [-0.4, -0.2) is 51.5 Å². The lowest BCUT2D eigenvalue weighted by Gasteiger charge is -2.24. The zero-order valence-electron chi connectivity index (χ0n) is 16.4. The minimum atomic E-state index is 0.394. The Bertz CT molecular complexity index is 364. The normalized spacial score (nSPS) is 21.9. The molecule has 1 saturated carbocycles. The summed E-state index contributed by atoms with van der Waals surface area (Å²) < 4.78 is 11.3. The maximum atomic E-state index is 5.90. The summed E-state index contributed by atoms with van der Waals surface area (Å²) in [5, 5.41) is 6.94. The highest BCUT2D eigenvalue weighted by Crippen LogP contribution is 2.27. The summed E-state index contributed by atoms with van der Waals surface area (Å²) in [5.74, 6) is 1.87. The first-order valence-corrected chi connectivity index (χ1v) is 10.4. The van der Waals surface area contributed by atoms with Gasteiger partial charge >= 0.3 is 0 Å². The van der Waals surface area contributed by atoms with Crippen molar-refractivity contribution in [3.8, 4) is 0 Å². The molecule has 1 atom stereocenters. The Morgan fingerprint density at radius 3 is 2.64 bits per heavy atom. The Hall–Kier alpha value is -0.810. The molecule has 1 heterocycles. The molecule has 0 amide bonds. The molecule has 5 nitrogen and oxygen atoms in total. The largest absolute Gasteiger partial charge is 0.381 e. The number of hydrogen-bond donors (Lipinski definition) is 2. The summed E-state index contributed by atoms with van der Waals surface area (Å²) in [6.45, 7) is 5.67. The van der Waals surface area contributed by atoms with Crippen LogP contribution in [0, 0.1) is 5.92 Å². The van der Waals surface area contributed by atoms with Gasteiger partial charge < -0.3 is 20.1 Å². The fraction of sp³-hybridized carbons (Fsp3) is 0.950. The van der Waals surface area contributed by atoms with Crippen molar-refractivity contribution in [3.63, 3.8) is 0 Å². The topological polar surface area (TPSA) is 54.9 Å². The number of nitrogens with zero attached hydrogens (tertiary/aromatic N) is 1. The van der Waals surface area contributed by atoms with Gasteiger partial charge in [-0.25, -0.2) is 0 Å². The third-order valence-corrected chi connectivity index (χ3v) is 5.47. The molecule has 0 spiro atoms.